The first kappa shape index (κ1) is 15.8. The maximum absolute atomic E-state index is 11.7. The number of benzene rings is 2. The van der Waals surface area contributed by atoms with Gasteiger partial charge in [0.2, 0.25) is 0 Å². The number of rotatable bonds is 4. The zero-order valence-electron chi connectivity index (χ0n) is 11.9. The van der Waals surface area contributed by atoms with Crippen molar-refractivity contribution in [2.24, 2.45) is 0 Å². The Morgan fingerprint density at radius 3 is 2.65 bits per heavy atom. The van der Waals surface area contributed by atoms with E-state index in [0.717, 1.165) is 5.56 Å². The van der Waals surface area contributed by atoms with Gasteiger partial charge in [0.1, 0.15) is 18.8 Å². The largest absolute Gasteiger partial charge is 0.487 e. The molecule has 0 aromatic heterocycles. The Morgan fingerprint density at radius 2 is 1.96 bits per heavy atom. The van der Waals surface area contributed by atoms with Gasteiger partial charge in [-0.3, -0.25) is 9.59 Å². The molecule has 23 heavy (non-hydrogen) atoms. The van der Waals surface area contributed by atoms with Crippen LogP contribution >= 0.6 is 23.2 Å². The van der Waals surface area contributed by atoms with Gasteiger partial charge in [0.15, 0.2) is 11.9 Å². The number of halogens is 2. The second-order valence-corrected chi connectivity index (χ2v) is 5.97. The summed E-state index contributed by atoms with van der Waals surface area (Å²) >= 11 is 11.9. The molecule has 0 amide bonds. The van der Waals surface area contributed by atoms with E-state index in [9.17, 15) is 9.59 Å². The van der Waals surface area contributed by atoms with Crippen LogP contribution in [0.25, 0.3) is 0 Å². The number of cyclic esters (lactones) is 1. The number of Topliss-reactive ketones (excluding diaryl/α,β-unsaturated/α-hetero) is 1. The monoisotopic (exact) mass is 350 g/mol. The van der Waals surface area contributed by atoms with E-state index in [1.54, 1.807) is 36.4 Å². The van der Waals surface area contributed by atoms with Gasteiger partial charge < -0.3 is 9.47 Å². The maximum atomic E-state index is 11.7. The van der Waals surface area contributed by atoms with Gasteiger partial charge in [-0.05, 0) is 29.8 Å². The molecule has 1 atom stereocenters. The third-order valence-corrected chi connectivity index (χ3v) is 3.93. The zero-order chi connectivity index (χ0) is 16.4. The Hall–Kier alpha value is -2.04. The lowest BCUT2D eigenvalue weighted by Gasteiger charge is -2.12. The standard InChI is InChI=1S/C17H12Cl2O4/c18-12-4-5-15(13(19)7-12)22-9-10-2-1-3-11(6-10)17-14(20)8-16(21)23-17/h1-7,17H,8-9H2. The maximum Gasteiger partial charge on any atom is 0.314 e. The Balaban J connectivity index is 1.73. The Morgan fingerprint density at radius 1 is 1.13 bits per heavy atom. The van der Waals surface area contributed by atoms with Crippen molar-refractivity contribution in [3.63, 3.8) is 0 Å². The van der Waals surface area contributed by atoms with Crippen LogP contribution in [0.5, 0.6) is 5.75 Å². The molecule has 1 aliphatic heterocycles. The summed E-state index contributed by atoms with van der Waals surface area (Å²) in [6, 6.07) is 12.2. The van der Waals surface area contributed by atoms with Crippen molar-refractivity contribution < 1.29 is 19.1 Å². The van der Waals surface area contributed by atoms with E-state index in [4.69, 9.17) is 32.7 Å². The van der Waals surface area contributed by atoms with Gasteiger partial charge in [-0.15, -0.1) is 0 Å². The molecule has 0 N–H and O–H groups in total. The van der Waals surface area contributed by atoms with E-state index in [0.29, 0.717) is 21.4 Å². The molecule has 1 aliphatic rings. The number of carbonyl (C=O) groups excluding carboxylic acids is 2. The number of carbonyl (C=O) groups is 2. The van der Waals surface area contributed by atoms with E-state index in [-0.39, 0.29) is 18.8 Å². The second-order valence-electron chi connectivity index (χ2n) is 5.12. The molecule has 0 saturated carbocycles. The van der Waals surface area contributed by atoms with Crippen LogP contribution in [0, 0.1) is 0 Å². The highest BCUT2D eigenvalue weighted by Crippen LogP contribution is 2.29. The van der Waals surface area contributed by atoms with Crippen molar-refractivity contribution in [3.8, 4) is 5.75 Å². The van der Waals surface area contributed by atoms with Crippen molar-refractivity contribution in [2.75, 3.05) is 0 Å². The number of hydrogen-bond donors (Lipinski definition) is 0. The van der Waals surface area contributed by atoms with Gasteiger partial charge >= 0.3 is 5.97 Å². The summed E-state index contributed by atoms with van der Waals surface area (Å²) in [5.74, 6) is -0.201. The molecule has 4 nitrogen and oxygen atoms in total. The van der Waals surface area contributed by atoms with Gasteiger partial charge in [0, 0.05) is 10.6 Å². The van der Waals surface area contributed by atoms with Gasteiger partial charge in [-0.25, -0.2) is 0 Å². The molecule has 1 heterocycles. The predicted octanol–water partition coefficient (Wildman–Crippen LogP) is 4.13. The van der Waals surface area contributed by atoms with Gasteiger partial charge in [-0.2, -0.15) is 0 Å². The van der Waals surface area contributed by atoms with Gasteiger partial charge in [-0.1, -0.05) is 41.4 Å². The molecule has 0 bridgehead atoms. The summed E-state index contributed by atoms with van der Waals surface area (Å²) in [5, 5.41) is 0.958. The van der Waals surface area contributed by atoms with Crippen LogP contribution in [0.3, 0.4) is 0 Å². The van der Waals surface area contributed by atoms with Gasteiger partial charge in [0.05, 0.1) is 5.02 Å². The second kappa shape index (κ2) is 6.60. The van der Waals surface area contributed by atoms with Crippen LogP contribution in [0.4, 0.5) is 0 Å². The predicted molar refractivity (Wildman–Crippen MR) is 85.7 cm³/mol. The van der Waals surface area contributed by atoms with Crippen LogP contribution < -0.4 is 4.74 Å². The van der Waals surface area contributed by atoms with Crippen LogP contribution in [0.1, 0.15) is 23.7 Å². The number of ketones is 1. The van der Waals surface area contributed by atoms with Crippen molar-refractivity contribution >= 4 is 35.0 Å². The summed E-state index contributed by atoms with van der Waals surface area (Å²) in [4.78, 5) is 22.9. The normalized spacial score (nSPS) is 17.2. The fraction of sp³-hybridized carbons (Fsp3) is 0.176. The number of ether oxygens (including phenoxy) is 2. The van der Waals surface area contributed by atoms with Crippen LogP contribution in [0.15, 0.2) is 42.5 Å². The zero-order valence-corrected chi connectivity index (χ0v) is 13.4. The molecular formula is C17H12Cl2O4. The van der Waals surface area contributed by atoms with E-state index in [1.165, 1.54) is 0 Å². The average Bonchev–Trinajstić information content (AvgIpc) is 2.85. The molecular weight excluding hydrogens is 339 g/mol. The lowest BCUT2D eigenvalue weighted by Crippen LogP contribution is -2.07. The smallest absolute Gasteiger partial charge is 0.314 e. The topological polar surface area (TPSA) is 52.6 Å². The Labute approximate surface area is 142 Å². The van der Waals surface area contributed by atoms with Crippen molar-refractivity contribution in [1.82, 2.24) is 0 Å². The highest BCUT2D eigenvalue weighted by molar-refractivity contribution is 6.35. The molecule has 1 unspecified atom stereocenters. The Kier molecular flexibility index (Phi) is 4.55. The molecule has 0 aliphatic carbocycles. The highest BCUT2D eigenvalue weighted by Gasteiger charge is 2.33. The molecule has 0 spiro atoms. The molecule has 1 saturated heterocycles. The van der Waals surface area contributed by atoms with Crippen molar-refractivity contribution in [1.29, 1.82) is 0 Å². The number of hydrogen-bond acceptors (Lipinski definition) is 4. The first-order valence-corrected chi connectivity index (χ1v) is 7.67. The van der Waals surface area contributed by atoms with E-state index >= 15 is 0 Å². The van der Waals surface area contributed by atoms with E-state index in [2.05, 4.69) is 0 Å². The summed E-state index contributed by atoms with van der Waals surface area (Å²) in [6.07, 6.45) is -0.993. The Bertz CT molecular complexity index is 773. The fourth-order valence-corrected chi connectivity index (χ4v) is 2.79. The minimum atomic E-state index is -0.818. The average molecular weight is 351 g/mol. The summed E-state index contributed by atoms with van der Waals surface area (Å²) in [7, 11) is 0. The fourth-order valence-electron chi connectivity index (χ4n) is 2.33. The third-order valence-electron chi connectivity index (χ3n) is 3.40. The molecule has 6 heteroatoms. The van der Waals surface area contributed by atoms with Crippen LogP contribution in [0.2, 0.25) is 10.0 Å². The number of esters is 1. The van der Waals surface area contributed by atoms with Crippen LogP contribution in [-0.4, -0.2) is 11.8 Å². The third kappa shape index (κ3) is 3.66. The SMILES string of the molecule is O=C1CC(=O)C(c2cccc(COc3ccc(Cl)cc3Cl)c2)O1. The molecule has 2 aromatic carbocycles. The molecule has 3 rings (SSSR count). The molecule has 1 fully saturated rings. The first-order valence-electron chi connectivity index (χ1n) is 6.92. The first-order chi connectivity index (χ1) is 11.0. The minimum Gasteiger partial charge on any atom is -0.487 e. The van der Waals surface area contributed by atoms with Crippen LogP contribution in [-0.2, 0) is 20.9 Å². The quantitative estimate of drug-likeness (QED) is 0.614. The van der Waals surface area contributed by atoms with Crippen molar-refractivity contribution in [3.05, 3.63) is 63.6 Å². The molecule has 0 radical (unpaired) electrons. The van der Waals surface area contributed by atoms with Crippen molar-refractivity contribution in [2.45, 2.75) is 19.1 Å². The van der Waals surface area contributed by atoms with E-state index < -0.39 is 12.1 Å². The lowest BCUT2D eigenvalue weighted by atomic mass is 10.0. The van der Waals surface area contributed by atoms with E-state index in [1.807, 2.05) is 6.07 Å². The lowest BCUT2D eigenvalue weighted by molar-refractivity contribution is -0.142. The van der Waals surface area contributed by atoms with Gasteiger partial charge in [0.25, 0.3) is 0 Å². The summed E-state index contributed by atoms with van der Waals surface area (Å²) in [5.41, 5.74) is 1.48. The summed E-state index contributed by atoms with van der Waals surface area (Å²) < 4.78 is 10.7. The molecule has 118 valence electrons. The molecule has 2 aromatic rings. The highest BCUT2D eigenvalue weighted by atomic mass is 35.5. The summed E-state index contributed by atoms with van der Waals surface area (Å²) in [6.45, 7) is 0.268. The minimum absolute atomic E-state index is 0.175.